The summed E-state index contributed by atoms with van der Waals surface area (Å²) in [5.41, 5.74) is 2.48. The molecule has 11 nitrogen and oxygen atoms in total. The van der Waals surface area contributed by atoms with E-state index in [-0.39, 0.29) is 24.5 Å². The number of hydrogen-bond donors (Lipinski definition) is 1. The Morgan fingerprint density at radius 2 is 1.85 bits per heavy atom. The van der Waals surface area contributed by atoms with E-state index in [1.54, 1.807) is 49.6 Å². The molecule has 2 amide bonds. The van der Waals surface area contributed by atoms with Gasteiger partial charge in [-0.15, -0.1) is 5.10 Å². The molecule has 2 aliphatic heterocycles. The first-order valence-corrected chi connectivity index (χ1v) is 13.6. The number of nitrogens with one attached hydrogen (secondary N) is 1. The molecule has 0 radical (unpaired) electrons. The predicted molar refractivity (Wildman–Crippen MR) is 150 cm³/mol. The number of hydrogen-bond acceptors (Lipinski definition) is 8. The summed E-state index contributed by atoms with van der Waals surface area (Å²) in [5.74, 6) is 1.03. The molecule has 0 unspecified atom stereocenters. The lowest BCUT2D eigenvalue weighted by molar-refractivity contribution is -0.127. The van der Waals surface area contributed by atoms with E-state index in [4.69, 9.17) is 18.9 Å². The molecule has 0 spiro atoms. The number of carbonyl (C=O) groups is 2. The van der Waals surface area contributed by atoms with Gasteiger partial charge in [0.25, 0.3) is 0 Å². The van der Waals surface area contributed by atoms with E-state index in [1.807, 2.05) is 24.3 Å². The predicted octanol–water partition coefficient (Wildman–Crippen LogP) is 3.28. The minimum Gasteiger partial charge on any atom is -0.497 e. The first-order valence-electron chi connectivity index (χ1n) is 13.6. The molecule has 3 heterocycles. The Balaban J connectivity index is 1.41. The second-order valence-electron chi connectivity index (χ2n) is 9.88. The quantitative estimate of drug-likeness (QED) is 0.333. The molecule has 4 aromatic rings. The molecule has 3 aromatic carbocycles. The fraction of sp³-hybridized carbons (Fsp3) is 0.333. The fourth-order valence-corrected chi connectivity index (χ4v) is 5.18. The van der Waals surface area contributed by atoms with Crippen molar-refractivity contribution in [2.75, 3.05) is 38.4 Å². The van der Waals surface area contributed by atoms with Crippen LogP contribution in [0.1, 0.15) is 24.4 Å². The molecule has 6 rings (SSSR count). The van der Waals surface area contributed by atoms with Crippen LogP contribution >= 0.6 is 0 Å². The first kappa shape index (κ1) is 26.6. The topological polar surface area (TPSA) is 117 Å². The molecular formula is C30H31N5O6. The second kappa shape index (κ2) is 11.8. The Labute approximate surface area is 236 Å². The minimum absolute atomic E-state index is 0.0598. The highest BCUT2D eigenvalue weighted by atomic mass is 16.6. The van der Waals surface area contributed by atoms with Crippen molar-refractivity contribution in [2.24, 2.45) is 0 Å². The van der Waals surface area contributed by atoms with Gasteiger partial charge in [-0.1, -0.05) is 29.5 Å². The zero-order chi connectivity index (χ0) is 28.2. The van der Waals surface area contributed by atoms with Gasteiger partial charge in [0.05, 0.1) is 18.7 Å². The average Bonchev–Trinajstić information content (AvgIpc) is 3.69. The van der Waals surface area contributed by atoms with E-state index < -0.39 is 6.04 Å². The first-order chi connectivity index (χ1) is 20.1. The van der Waals surface area contributed by atoms with E-state index in [1.165, 1.54) is 9.58 Å². The number of anilines is 1. The van der Waals surface area contributed by atoms with Gasteiger partial charge in [-0.25, -0.2) is 4.68 Å². The smallest absolute Gasteiger partial charge is 0.249 e. The average molecular weight is 558 g/mol. The van der Waals surface area contributed by atoms with Crippen molar-refractivity contribution in [2.45, 2.75) is 31.5 Å². The van der Waals surface area contributed by atoms with E-state index in [2.05, 4.69) is 15.6 Å². The Hall–Kier alpha value is -4.64. The number of benzene rings is 3. The highest BCUT2D eigenvalue weighted by molar-refractivity contribution is 6.01. The summed E-state index contributed by atoms with van der Waals surface area (Å²) in [6, 6.07) is 18.8. The van der Waals surface area contributed by atoms with Crippen molar-refractivity contribution in [1.82, 2.24) is 20.3 Å². The van der Waals surface area contributed by atoms with Crippen LogP contribution in [0.25, 0.3) is 11.0 Å². The van der Waals surface area contributed by atoms with Gasteiger partial charge >= 0.3 is 0 Å². The largest absolute Gasteiger partial charge is 0.497 e. The molecule has 2 aliphatic rings. The van der Waals surface area contributed by atoms with Gasteiger partial charge in [-0.3, -0.25) is 14.5 Å². The van der Waals surface area contributed by atoms with Gasteiger partial charge in [0.15, 0.2) is 11.5 Å². The van der Waals surface area contributed by atoms with Crippen molar-refractivity contribution in [1.29, 1.82) is 0 Å². The van der Waals surface area contributed by atoms with Crippen LogP contribution in [0.15, 0.2) is 66.7 Å². The number of aromatic nitrogens is 3. The summed E-state index contributed by atoms with van der Waals surface area (Å²) >= 11 is 0. The van der Waals surface area contributed by atoms with Crippen LogP contribution < -0.4 is 24.4 Å². The number of rotatable bonds is 9. The van der Waals surface area contributed by atoms with Crippen LogP contribution in [0, 0.1) is 0 Å². The normalized spacial score (nSPS) is 16.8. The highest BCUT2D eigenvalue weighted by Gasteiger charge is 2.34. The molecule has 0 bridgehead atoms. The minimum atomic E-state index is -1.01. The Morgan fingerprint density at radius 3 is 2.63 bits per heavy atom. The standard InChI is InChI=1S/C30H31N5O6/c1-38-22-11-8-20(9-12-22)29(30(37)31-18-23-5-4-14-39-23)35(21-10-13-26-27(17-21)41-16-15-40-26)28(36)19-34-25-7-3-2-6-24(25)32-33-34/h2-3,6-13,17,23,29H,4-5,14-16,18-19H2,1H3,(H,31,37)/t23-,29+/m0/s1. The van der Waals surface area contributed by atoms with Crippen molar-refractivity contribution < 1.29 is 28.5 Å². The number of nitrogens with zero attached hydrogens (tertiary/aromatic N) is 4. The van der Waals surface area contributed by atoms with Crippen molar-refractivity contribution in [3.8, 4) is 17.2 Å². The Bertz CT molecular complexity index is 1530. The summed E-state index contributed by atoms with van der Waals surface area (Å²) < 4.78 is 24.1. The third-order valence-electron chi connectivity index (χ3n) is 7.24. The maximum Gasteiger partial charge on any atom is 0.249 e. The SMILES string of the molecule is COc1ccc([C@H](C(=O)NC[C@@H]2CCCO2)N(C(=O)Cn2nnc3ccccc32)c2ccc3c(c2)OCCO3)cc1. The van der Waals surface area contributed by atoms with E-state index >= 15 is 0 Å². The van der Waals surface area contributed by atoms with E-state index in [9.17, 15) is 9.59 Å². The Morgan fingerprint density at radius 1 is 1.05 bits per heavy atom. The summed E-state index contributed by atoms with van der Waals surface area (Å²) in [7, 11) is 1.58. The summed E-state index contributed by atoms with van der Waals surface area (Å²) in [6.07, 6.45) is 1.77. The monoisotopic (exact) mass is 557 g/mol. The van der Waals surface area contributed by atoms with Crippen LogP contribution in [0.2, 0.25) is 0 Å². The van der Waals surface area contributed by atoms with Crippen LogP contribution in [-0.4, -0.2) is 66.4 Å². The van der Waals surface area contributed by atoms with Gasteiger partial charge in [0.2, 0.25) is 11.8 Å². The van der Waals surface area contributed by atoms with E-state index in [0.717, 1.165) is 12.8 Å². The van der Waals surface area contributed by atoms with Gasteiger partial charge in [-0.05, 0) is 54.8 Å². The number of para-hydroxylation sites is 1. The summed E-state index contributed by atoms with van der Waals surface area (Å²) in [5, 5.41) is 11.4. The molecule has 1 N–H and O–H groups in total. The van der Waals surface area contributed by atoms with Gasteiger partial charge in [-0.2, -0.15) is 0 Å². The maximum atomic E-state index is 14.3. The number of carbonyl (C=O) groups excluding carboxylic acids is 2. The highest BCUT2D eigenvalue weighted by Crippen LogP contribution is 2.37. The second-order valence-corrected chi connectivity index (χ2v) is 9.88. The molecule has 11 heteroatoms. The van der Waals surface area contributed by atoms with Gasteiger partial charge in [0.1, 0.15) is 37.1 Å². The van der Waals surface area contributed by atoms with Gasteiger partial charge in [0, 0.05) is 24.9 Å². The van der Waals surface area contributed by atoms with Crippen LogP contribution in [0.4, 0.5) is 5.69 Å². The number of fused-ring (bicyclic) bond motifs is 2. The molecular weight excluding hydrogens is 526 g/mol. The maximum absolute atomic E-state index is 14.3. The Kier molecular flexibility index (Phi) is 7.68. The molecule has 1 fully saturated rings. The molecule has 212 valence electrons. The third-order valence-corrected chi connectivity index (χ3v) is 7.24. The number of ether oxygens (including phenoxy) is 4. The van der Waals surface area contributed by atoms with Crippen LogP contribution in [0.5, 0.6) is 17.2 Å². The zero-order valence-corrected chi connectivity index (χ0v) is 22.7. The zero-order valence-electron chi connectivity index (χ0n) is 22.7. The molecule has 41 heavy (non-hydrogen) atoms. The van der Waals surface area contributed by atoms with Crippen molar-refractivity contribution >= 4 is 28.5 Å². The van der Waals surface area contributed by atoms with E-state index in [0.29, 0.717) is 65.9 Å². The lowest BCUT2D eigenvalue weighted by Gasteiger charge is -2.32. The van der Waals surface area contributed by atoms with Gasteiger partial charge < -0.3 is 24.3 Å². The summed E-state index contributed by atoms with van der Waals surface area (Å²) in [6.45, 7) is 1.72. The van der Waals surface area contributed by atoms with Crippen LogP contribution in [-0.2, 0) is 20.9 Å². The molecule has 2 atom stereocenters. The number of amides is 2. The number of methoxy groups -OCH3 is 1. The lowest BCUT2D eigenvalue weighted by atomic mass is 10.0. The van der Waals surface area contributed by atoms with Crippen LogP contribution in [0.3, 0.4) is 0 Å². The van der Waals surface area contributed by atoms with Crippen molar-refractivity contribution in [3.63, 3.8) is 0 Å². The lowest BCUT2D eigenvalue weighted by Crippen LogP contribution is -2.46. The molecule has 0 aliphatic carbocycles. The van der Waals surface area contributed by atoms with Crippen molar-refractivity contribution in [3.05, 3.63) is 72.3 Å². The summed E-state index contributed by atoms with van der Waals surface area (Å²) in [4.78, 5) is 29.7. The molecule has 0 saturated carbocycles. The molecule has 1 saturated heterocycles. The third kappa shape index (κ3) is 5.66. The molecule has 1 aromatic heterocycles. The fourth-order valence-electron chi connectivity index (χ4n) is 5.18.